The highest BCUT2D eigenvalue weighted by molar-refractivity contribution is 5.87. The van der Waals surface area contributed by atoms with Crippen molar-refractivity contribution in [2.24, 2.45) is 0 Å². The Morgan fingerprint density at radius 2 is 0.383 bits per heavy atom. The van der Waals surface area contributed by atoms with Crippen LogP contribution < -0.4 is 0 Å². The molecule has 0 aliphatic rings. The van der Waals surface area contributed by atoms with E-state index >= 15 is 0 Å². The first-order valence-corrected chi connectivity index (χ1v) is 19.4. The summed E-state index contributed by atoms with van der Waals surface area (Å²) in [5.74, 6) is 0. The Hall–Kier alpha value is -8.43. The van der Waals surface area contributed by atoms with Gasteiger partial charge in [-0.1, -0.05) is 0 Å². The third-order valence-corrected chi connectivity index (χ3v) is 10.2. The van der Waals surface area contributed by atoms with Crippen LogP contribution >= 0.6 is 0 Å². The third kappa shape index (κ3) is 7.66. The molecule has 0 fully saturated rings. The van der Waals surface area contributed by atoms with Crippen molar-refractivity contribution >= 4 is 0 Å². The lowest BCUT2D eigenvalue weighted by Crippen LogP contribution is -1.95. The van der Waals surface area contributed by atoms with Crippen LogP contribution in [0.4, 0.5) is 0 Å². The van der Waals surface area contributed by atoms with Crippen molar-refractivity contribution in [1.29, 1.82) is 0 Å². The first-order valence-electron chi connectivity index (χ1n) is 19.4. The molecular formula is C51H33N9. The standard InChI is InChI=1S/C51H33N9/c1-7-34(28-52-13-1)46-22-43(23-47(58-46)35-8-2-14-53-29-35)40-19-41(44-24-48(36-9-3-15-54-30-36)59-49(25-44)37-10-4-16-55-31-37)21-42(20-40)45-26-50(38-11-5-17-56-32-38)60-51(27-45)39-12-6-18-57-33-39/h1-33H. The van der Waals surface area contributed by atoms with E-state index in [4.69, 9.17) is 15.0 Å². The summed E-state index contributed by atoms with van der Waals surface area (Å²) in [4.78, 5) is 41.9. The Labute approximate surface area is 346 Å². The monoisotopic (exact) mass is 771 g/mol. The van der Waals surface area contributed by atoms with Crippen LogP contribution in [0.5, 0.6) is 0 Å². The van der Waals surface area contributed by atoms with Gasteiger partial charge in [0.15, 0.2) is 0 Å². The Morgan fingerprint density at radius 3 is 0.550 bits per heavy atom. The molecule has 0 atom stereocenters. The average Bonchev–Trinajstić information content (AvgIpc) is 3.35. The van der Waals surface area contributed by atoms with Crippen LogP contribution in [-0.2, 0) is 0 Å². The molecule has 0 saturated carbocycles. The second kappa shape index (κ2) is 16.2. The highest BCUT2D eigenvalue weighted by atomic mass is 14.8. The molecule has 0 unspecified atom stereocenters. The lowest BCUT2D eigenvalue weighted by molar-refractivity contribution is 1.26. The molecular weight excluding hydrogens is 739 g/mol. The predicted molar refractivity (Wildman–Crippen MR) is 236 cm³/mol. The lowest BCUT2D eigenvalue weighted by atomic mass is 9.91. The number of hydrogen-bond acceptors (Lipinski definition) is 9. The number of benzene rings is 1. The zero-order valence-corrected chi connectivity index (χ0v) is 32.1. The van der Waals surface area contributed by atoms with Crippen molar-refractivity contribution in [3.63, 3.8) is 0 Å². The highest BCUT2D eigenvalue weighted by Crippen LogP contribution is 2.39. The minimum absolute atomic E-state index is 0.801. The molecule has 9 heterocycles. The fourth-order valence-corrected chi connectivity index (χ4v) is 7.19. The van der Waals surface area contributed by atoms with Gasteiger partial charge in [0, 0.05) is 108 Å². The van der Waals surface area contributed by atoms with E-state index in [1.54, 1.807) is 37.2 Å². The third-order valence-electron chi connectivity index (χ3n) is 10.2. The molecule has 0 aliphatic heterocycles. The normalized spacial score (nSPS) is 11.0. The van der Waals surface area contributed by atoms with Gasteiger partial charge >= 0.3 is 0 Å². The number of pyridine rings is 9. The summed E-state index contributed by atoms with van der Waals surface area (Å²) in [5.41, 5.74) is 16.2. The molecule has 0 amide bonds. The average molecular weight is 772 g/mol. The maximum atomic E-state index is 5.12. The topological polar surface area (TPSA) is 116 Å². The van der Waals surface area contributed by atoms with Gasteiger partial charge in [0.2, 0.25) is 0 Å². The molecule has 9 heteroatoms. The summed E-state index contributed by atoms with van der Waals surface area (Å²) in [6, 6.07) is 43.2. The highest BCUT2D eigenvalue weighted by Gasteiger charge is 2.17. The smallest absolute Gasteiger partial charge is 0.0731 e. The molecule has 282 valence electrons. The molecule has 1 aromatic carbocycles. The van der Waals surface area contributed by atoms with Crippen molar-refractivity contribution in [1.82, 2.24) is 44.9 Å². The zero-order valence-electron chi connectivity index (χ0n) is 32.1. The largest absolute Gasteiger partial charge is 0.264 e. The van der Waals surface area contributed by atoms with E-state index in [-0.39, 0.29) is 0 Å². The molecule has 10 rings (SSSR count). The molecule has 0 aliphatic carbocycles. The Balaban J connectivity index is 1.24. The van der Waals surface area contributed by atoms with Gasteiger partial charge in [0.1, 0.15) is 0 Å². The minimum atomic E-state index is 0.801. The summed E-state index contributed by atoms with van der Waals surface area (Å²) in [6.45, 7) is 0. The van der Waals surface area contributed by atoms with Crippen molar-refractivity contribution < 1.29 is 0 Å². The van der Waals surface area contributed by atoms with E-state index in [0.29, 0.717) is 0 Å². The maximum Gasteiger partial charge on any atom is 0.0731 e. The summed E-state index contributed by atoms with van der Waals surface area (Å²) in [5, 5.41) is 0. The van der Waals surface area contributed by atoms with Gasteiger partial charge in [0.05, 0.1) is 34.2 Å². The zero-order chi connectivity index (χ0) is 40.1. The fourth-order valence-electron chi connectivity index (χ4n) is 7.19. The molecule has 9 nitrogen and oxygen atoms in total. The van der Waals surface area contributed by atoms with E-state index in [1.807, 2.05) is 110 Å². The van der Waals surface area contributed by atoms with Crippen LogP contribution in [0.15, 0.2) is 202 Å². The van der Waals surface area contributed by atoms with Gasteiger partial charge < -0.3 is 0 Å². The second-order valence-corrected chi connectivity index (χ2v) is 14.1. The van der Waals surface area contributed by atoms with E-state index in [9.17, 15) is 0 Å². The SMILES string of the molecule is c1cncc(-c2cc(-c3cc(-c4cc(-c5cccnc5)nc(-c5cccnc5)c4)cc(-c4cc(-c5cccnc5)nc(-c5cccnc5)c4)c3)cc(-c3cccnc3)n2)c1. The van der Waals surface area contributed by atoms with Crippen LogP contribution in [-0.4, -0.2) is 44.9 Å². The fraction of sp³-hybridized carbons (Fsp3) is 0. The van der Waals surface area contributed by atoms with Crippen LogP contribution in [0.3, 0.4) is 0 Å². The first-order chi connectivity index (χ1) is 29.7. The molecule has 0 radical (unpaired) electrons. The lowest BCUT2D eigenvalue weighted by Gasteiger charge is -2.16. The summed E-state index contributed by atoms with van der Waals surface area (Å²) < 4.78 is 0. The summed E-state index contributed by atoms with van der Waals surface area (Å²) in [6.07, 6.45) is 21.7. The van der Waals surface area contributed by atoms with Crippen molar-refractivity contribution in [3.8, 4) is 101 Å². The predicted octanol–water partition coefficient (Wildman–Crippen LogP) is 11.2. The Kier molecular flexibility index (Phi) is 9.71. The molecule has 0 bridgehead atoms. The Bertz CT molecular complexity index is 2540. The second-order valence-electron chi connectivity index (χ2n) is 14.1. The van der Waals surface area contributed by atoms with Gasteiger partial charge in [-0.3, -0.25) is 29.9 Å². The Morgan fingerprint density at radius 1 is 0.200 bits per heavy atom. The summed E-state index contributed by atoms with van der Waals surface area (Å²) >= 11 is 0. The minimum Gasteiger partial charge on any atom is -0.264 e. The van der Waals surface area contributed by atoms with Crippen LogP contribution in [0, 0.1) is 0 Å². The number of aromatic nitrogens is 9. The van der Waals surface area contributed by atoms with Crippen molar-refractivity contribution in [3.05, 3.63) is 202 Å². The van der Waals surface area contributed by atoms with E-state index in [0.717, 1.165) is 101 Å². The van der Waals surface area contributed by atoms with Gasteiger partial charge in [-0.15, -0.1) is 0 Å². The number of rotatable bonds is 9. The van der Waals surface area contributed by atoms with E-state index in [1.165, 1.54) is 0 Å². The summed E-state index contributed by atoms with van der Waals surface area (Å²) in [7, 11) is 0. The van der Waals surface area contributed by atoms with Gasteiger partial charge in [-0.2, -0.15) is 0 Å². The number of nitrogens with zero attached hydrogens (tertiary/aromatic N) is 9. The molecule has 9 aromatic heterocycles. The van der Waals surface area contributed by atoms with Gasteiger partial charge in [0.25, 0.3) is 0 Å². The van der Waals surface area contributed by atoms with Gasteiger partial charge in [-0.05, 0) is 161 Å². The maximum absolute atomic E-state index is 5.12. The molecule has 0 N–H and O–H groups in total. The van der Waals surface area contributed by atoms with E-state index in [2.05, 4.69) is 84.5 Å². The van der Waals surface area contributed by atoms with Crippen LogP contribution in [0.2, 0.25) is 0 Å². The van der Waals surface area contributed by atoms with Crippen molar-refractivity contribution in [2.75, 3.05) is 0 Å². The van der Waals surface area contributed by atoms with Crippen molar-refractivity contribution in [2.45, 2.75) is 0 Å². The molecule has 0 saturated heterocycles. The molecule has 60 heavy (non-hydrogen) atoms. The van der Waals surface area contributed by atoms with Crippen LogP contribution in [0.25, 0.3) is 101 Å². The van der Waals surface area contributed by atoms with Crippen LogP contribution in [0.1, 0.15) is 0 Å². The first kappa shape index (κ1) is 35.9. The molecule has 10 aromatic rings. The van der Waals surface area contributed by atoms with E-state index < -0.39 is 0 Å². The van der Waals surface area contributed by atoms with Gasteiger partial charge in [-0.25, -0.2) is 15.0 Å². The molecule has 0 spiro atoms. The number of hydrogen-bond donors (Lipinski definition) is 0. The quantitative estimate of drug-likeness (QED) is 0.141.